The molecule has 0 aliphatic carbocycles. The van der Waals surface area contributed by atoms with Gasteiger partial charge in [-0.05, 0) is 18.8 Å². The molecule has 0 bridgehead atoms. The SMILES string of the molecule is C=CCC(C)(C)/C=C/C. The molecule has 0 fully saturated rings. The van der Waals surface area contributed by atoms with E-state index in [1.807, 2.05) is 13.0 Å². The summed E-state index contributed by atoms with van der Waals surface area (Å²) in [4.78, 5) is 0. The molecule has 52 valence electrons. The summed E-state index contributed by atoms with van der Waals surface area (Å²) in [5, 5.41) is 0. The standard InChI is InChI=1S/C9H16/c1-5-7-9(3,4)8-6-2/h5-6,8H,1,7H2,2-4H3/b8-6+. The Morgan fingerprint density at radius 1 is 1.44 bits per heavy atom. The second kappa shape index (κ2) is 3.49. The summed E-state index contributed by atoms with van der Waals surface area (Å²) in [5.41, 5.74) is 0.302. The van der Waals surface area contributed by atoms with E-state index in [1.54, 1.807) is 0 Å². The van der Waals surface area contributed by atoms with Gasteiger partial charge in [0.25, 0.3) is 0 Å². The van der Waals surface area contributed by atoms with E-state index in [2.05, 4.69) is 32.6 Å². The Balaban J connectivity index is 3.84. The summed E-state index contributed by atoms with van der Waals surface area (Å²) < 4.78 is 0. The van der Waals surface area contributed by atoms with E-state index in [-0.39, 0.29) is 0 Å². The number of hydrogen-bond donors (Lipinski definition) is 0. The van der Waals surface area contributed by atoms with Crippen LogP contribution in [0.15, 0.2) is 24.8 Å². The first-order valence-electron chi connectivity index (χ1n) is 3.37. The third-order valence-corrected chi connectivity index (χ3v) is 1.29. The van der Waals surface area contributed by atoms with Crippen molar-refractivity contribution in [2.24, 2.45) is 5.41 Å². The van der Waals surface area contributed by atoms with Gasteiger partial charge >= 0.3 is 0 Å². The zero-order valence-corrected chi connectivity index (χ0v) is 6.65. The molecule has 0 aliphatic heterocycles. The summed E-state index contributed by atoms with van der Waals surface area (Å²) in [6.45, 7) is 10.1. The molecule has 0 unspecified atom stereocenters. The molecule has 0 nitrogen and oxygen atoms in total. The second-order valence-electron chi connectivity index (χ2n) is 2.98. The molecule has 0 radical (unpaired) electrons. The maximum atomic E-state index is 3.69. The summed E-state index contributed by atoms with van der Waals surface area (Å²) in [5.74, 6) is 0. The fourth-order valence-corrected chi connectivity index (χ4v) is 0.891. The van der Waals surface area contributed by atoms with Gasteiger partial charge in [0.15, 0.2) is 0 Å². The largest absolute Gasteiger partial charge is 0.103 e. The van der Waals surface area contributed by atoms with Gasteiger partial charge in [-0.2, -0.15) is 0 Å². The highest BCUT2D eigenvalue weighted by Gasteiger charge is 2.09. The smallest absolute Gasteiger partial charge is 0.0141 e. The monoisotopic (exact) mass is 124 g/mol. The Labute approximate surface area is 58.3 Å². The molecule has 0 aromatic rings. The van der Waals surface area contributed by atoms with Crippen LogP contribution in [0.3, 0.4) is 0 Å². The molecule has 0 heterocycles. The van der Waals surface area contributed by atoms with E-state index in [4.69, 9.17) is 0 Å². The lowest BCUT2D eigenvalue weighted by atomic mass is 9.89. The van der Waals surface area contributed by atoms with E-state index in [9.17, 15) is 0 Å². The summed E-state index contributed by atoms with van der Waals surface area (Å²) in [6.07, 6.45) is 7.30. The van der Waals surface area contributed by atoms with Crippen LogP contribution >= 0.6 is 0 Å². The maximum Gasteiger partial charge on any atom is -0.0141 e. The van der Waals surface area contributed by atoms with Gasteiger partial charge in [-0.3, -0.25) is 0 Å². The molecule has 0 spiro atoms. The Bertz CT molecular complexity index is 107. The predicted octanol–water partition coefficient (Wildman–Crippen LogP) is 3.16. The lowest BCUT2D eigenvalue weighted by Crippen LogP contribution is -2.04. The van der Waals surface area contributed by atoms with Gasteiger partial charge in [0.05, 0.1) is 0 Å². The molecule has 0 saturated carbocycles. The normalized spacial score (nSPS) is 12.3. The van der Waals surface area contributed by atoms with Crippen LogP contribution in [-0.4, -0.2) is 0 Å². The highest BCUT2D eigenvalue weighted by Crippen LogP contribution is 2.21. The average molecular weight is 124 g/mol. The van der Waals surface area contributed by atoms with Crippen LogP contribution in [0.25, 0.3) is 0 Å². The van der Waals surface area contributed by atoms with E-state index < -0.39 is 0 Å². The van der Waals surface area contributed by atoms with Crippen LogP contribution in [0.4, 0.5) is 0 Å². The van der Waals surface area contributed by atoms with E-state index in [1.165, 1.54) is 0 Å². The highest BCUT2D eigenvalue weighted by molar-refractivity contribution is 4.96. The van der Waals surface area contributed by atoms with Gasteiger partial charge in [0.1, 0.15) is 0 Å². The lowest BCUT2D eigenvalue weighted by molar-refractivity contribution is 0.488. The van der Waals surface area contributed by atoms with Crippen LogP contribution in [0, 0.1) is 5.41 Å². The van der Waals surface area contributed by atoms with Crippen LogP contribution in [0.1, 0.15) is 27.2 Å². The first-order chi connectivity index (χ1) is 4.12. The summed E-state index contributed by atoms with van der Waals surface area (Å²) in [6, 6.07) is 0. The molecule has 0 aliphatic rings. The lowest BCUT2D eigenvalue weighted by Gasteiger charge is -2.16. The van der Waals surface area contributed by atoms with Gasteiger partial charge in [0, 0.05) is 0 Å². The quantitative estimate of drug-likeness (QED) is 0.507. The first kappa shape index (κ1) is 8.48. The Morgan fingerprint density at radius 3 is 2.33 bits per heavy atom. The fourth-order valence-electron chi connectivity index (χ4n) is 0.891. The van der Waals surface area contributed by atoms with Crippen molar-refractivity contribution >= 4 is 0 Å². The average Bonchev–Trinajstić information content (AvgIpc) is 1.64. The number of allylic oxidation sites excluding steroid dienone is 3. The second-order valence-corrected chi connectivity index (χ2v) is 2.98. The van der Waals surface area contributed by atoms with Crippen molar-refractivity contribution in [3.8, 4) is 0 Å². The molecule has 0 N–H and O–H groups in total. The topological polar surface area (TPSA) is 0 Å². The summed E-state index contributed by atoms with van der Waals surface area (Å²) in [7, 11) is 0. The van der Waals surface area contributed by atoms with Crippen molar-refractivity contribution in [1.29, 1.82) is 0 Å². The predicted molar refractivity (Wildman–Crippen MR) is 43.4 cm³/mol. The van der Waals surface area contributed by atoms with Crippen molar-refractivity contribution < 1.29 is 0 Å². The minimum Gasteiger partial charge on any atom is -0.103 e. The summed E-state index contributed by atoms with van der Waals surface area (Å²) >= 11 is 0. The minimum atomic E-state index is 0.302. The minimum absolute atomic E-state index is 0.302. The zero-order chi connectivity index (χ0) is 7.33. The van der Waals surface area contributed by atoms with E-state index in [0.717, 1.165) is 6.42 Å². The Kier molecular flexibility index (Phi) is 3.29. The van der Waals surface area contributed by atoms with Crippen molar-refractivity contribution in [3.63, 3.8) is 0 Å². The van der Waals surface area contributed by atoms with Gasteiger partial charge < -0.3 is 0 Å². The first-order valence-corrected chi connectivity index (χ1v) is 3.37. The van der Waals surface area contributed by atoms with E-state index >= 15 is 0 Å². The molecule has 0 aromatic heterocycles. The van der Waals surface area contributed by atoms with Gasteiger partial charge in [-0.25, -0.2) is 0 Å². The Hall–Kier alpha value is -0.520. The molecule has 0 amide bonds. The molecule has 0 saturated heterocycles. The molecular weight excluding hydrogens is 108 g/mol. The van der Waals surface area contributed by atoms with Crippen LogP contribution < -0.4 is 0 Å². The maximum absolute atomic E-state index is 3.69. The number of rotatable bonds is 3. The van der Waals surface area contributed by atoms with Gasteiger partial charge in [0.2, 0.25) is 0 Å². The fraction of sp³-hybridized carbons (Fsp3) is 0.556. The molecular formula is C9H16. The highest BCUT2D eigenvalue weighted by atomic mass is 14.1. The molecule has 0 atom stereocenters. The van der Waals surface area contributed by atoms with Crippen molar-refractivity contribution in [2.75, 3.05) is 0 Å². The zero-order valence-electron chi connectivity index (χ0n) is 6.65. The molecule has 0 heteroatoms. The molecule has 0 rings (SSSR count). The van der Waals surface area contributed by atoms with Crippen LogP contribution in [0.2, 0.25) is 0 Å². The van der Waals surface area contributed by atoms with Crippen molar-refractivity contribution in [3.05, 3.63) is 24.8 Å². The Morgan fingerprint density at radius 2 is 2.00 bits per heavy atom. The molecule has 0 aromatic carbocycles. The third kappa shape index (κ3) is 4.01. The van der Waals surface area contributed by atoms with Gasteiger partial charge in [-0.15, -0.1) is 6.58 Å². The van der Waals surface area contributed by atoms with Crippen LogP contribution in [-0.2, 0) is 0 Å². The number of hydrogen-bond acceptors (Lipinski definition) is 0. The molecule has 9 heavy (non-hydrogen) atoms. The van der Waals surface area contributed by atoms with Crippen molar-refractivity contribution in [1.82, 2.24) is 0 Å². The third-order valence-electron chi connectivity index (χ3n) is 1.29. The van der Waals surface area contributed by atoms with Gasteiger partial charge in [-0.1, -0.05) is 32.1 Å². The van der Waals surface area contributed by atoms with Crippen LogP contribution in [0.5, 0.6) is 0 Å². The van der Waals surface area contributed by atoms with E-state index in [0.29, 0.717) is 5.41 Å². The van der Waals surface area contributed by atoms with Crippen molar-refractivity contribution in [2.45, 2.75) is 27.2 Å².